The number of hydrazine groups is 1. The van der Waals surface area contributed by atoms with Gasteiger partial charge in [0.15, 0.2) is 5.82 Å². The second kappa shape index (κ2) is 5.33. The number of nitrogens with two attached hydrogens (primary N) is 1. The van der Waals surface area contributed by atoms with Crippen molar-refractivity contribution in [1.82, 2.24) is 9.97 Å². The molecule has 3 N–H and O–H groups in total. The fourth-order valence-corrected chi connectivity index (χ4v) is 1.99. The minimum absolute atomic E-state index is 0.648. The van der Waals surface area contributed by atoms with E-state index in [4.69, 9.17) is 17.4 Å². The zero-order valence-corrected chi connectivity index (χ0v) is 11.1. The Morgan fingerprint density at radius 3 is 2.44 bits per heavy atom. The third kappa shape index (κ3) is 2.44. The molecule has 94 valence electrons. The van der Waals surface area contributed by atoms with E-state index in [9.17, 15) is 0 Å². The van der Waals surface area contributed by atoms with Gasteiger partial charge in [-0.1, -0.05) is 18.5 Å². The molecule has 0 unspecified atom stereocenters. The van der Waals surface area contributed by atoms with E-state index in [0.29, 0.717) is 16.7 Å². The quantitative estimate of drug-likeness (QED) is 0.659. The summed E-state index contributed by atoms with van der Waals surface area (Å²) >= 11 is 5.86. The monoisotopic (exact) mass is 262 g/mol. The van der Waals surface area contributed by atoms with Crippen LogP contribution in [0.5, 0.6) is 0 Å². The van der Waals surface area contributed by atoms with Gasteiger partial charge in [0.1, 0.15) is 5.82 Å². The van der Waals surface area contributed by atoms with Crippen LogP contribution in [0.3, 0.4) is 0 Å². The van der Waals surface area contributed by atoms with Gasteiger partial charge in [-0.3, -0.25) is 0 Å². The largest absolute Gasteiger partial charge is 0.308 e. The number of halogens is 1. The molecular formula is C13H15ClN4. The maximum atomic E-state index is 5.86. The smallest absolute Gasteiger partial charge is 0.161 e. The van der Waals surface area contributed by atoms with Crippen molar-refractivity contribution in [2.75, 3.05) is 5.43 Å². The van der Waals surface area contributed by atoms with Gasteiger partial charge in [0.25, 0.3) is 0 Å². The summed E-state index contributed by atoms with van der Waals surface area (Å²) in [5, 5.41) is 0.692. The van der Waals surface area contributed by atoms with E-state index in [1.165, 1.54) is 0 Å². The third-order valence-corrected chi connectivity index (χ3v) is 3.06. The molecule has 0 aliphatic rings. The third-order valence-electron chi connectivity index (χ3n) is 2.81. The zero-order chi connectivity index (χ0) is 13.1. The maximum Gasteiger partial charge on any atom is 0.161 e. The lowest BCUT2D eigenvalue weighted by molar-refractivity contribution is 0.995. The standard InChI is InChI=1S/C13H15ClN4/c1-3-11-8(2)16-12(17-13(11)18-15)9-4-6-10(14)7-5-9/h4-7H,3,15H2,1-2H3,(H,16,17,18). The Labute approximate surface area is 111 Å². The predicted molar refractivity (Wildman–Crippen MR) is 74.4 cm³/mol. The van der Waals surface area contributed by atoms with E-state index < -0.39 is 0 Å². The second-order valence-corrected chi connectivity index (χ2v) is 4.40. The first-order chi connectivity index (χ1) is 8.65. The Balaban J connectivity index is 2.52. The van der Waals surface area contributed by atoms with Crippen LogP contribution in [0.1, 0.15) is 18.2 Å². The summed E-state index contributed by atoms with van der Waals surface area (Å²) in [5.41, 5.74) is 5.52. The number of rotatable bonds is 3. The molecule has 5 heteroatoms. The average molecular weight is 263 g/mol. The van der Waals surface area contributed by atoms with Crippen LogP contribution in [0.25, 0.3) is 11.4 Å². The molecule has 0 radical (unpaired) electrons. The van der Waals surface area contributed by atoms with Gasteiger partial charge in [-0.2, -0.15) is 0 Å². The molecule has 18 heavy (non-hydrogen) atoms. The molecule has 0 atom stereocenters. The topological polar surface area (TPSA) is 63.8 Å². The highest BCUT2D eigenvalue weighted by atomic mass is 35.5. The van der Waals surface area contributed by atoms with Crippen LogP contribution in [-0.4, -0.2) is 9.97 Å². The van der Waals surface area contributed by atoms with E-state index in [1.807, 2.05) is 31.2 Å². The highest BCUT2D eigenvalue weighted by molar-refractivity contribution is 6.30. The summed E-state index contributed by atoms with van der Waals surface area (Å²) in [4.78, 5) is 8.94. The fraction of sp³-hybridized carbons (Fsp3) is 0.231. The number of nitrogen functional groups attached to an aromatic ring is 1. The van der Waals surface area contributed by atoms with Crippen LogP contribution in [0.15, 0.2) is 24.3 Å². The lowest BCUT2D eigenvalue weighted by Gasteiger charge is -2.11. The van der Waals surface area contributed by atoms with Gasteiger partial charge in [0.2, 0.25) is 0 Å². The number of aryl methyl sites for hydroxylation is 1. The van der Waals surface area contributed by atoms with Crippen molar-refractivity contribution in [2.45, 2.75) is 20.3 Å². The van der Waals surface area contributed by atoms with Crippen LogP contribution in [0, 0.1) is 6.92 Å². The molecule has 0 saturated carbocycles. The van der Waals surface area contributed by atoms with Crippen molar-refractivity contribution < 1.29 is 0 Å². The van der Waals surface area contributed by atoms with Crippen LogP contribution in [0.4, 0.5) is 5.82 Å². The van der Waals surface area contributed by atoms with Crippen LogP contribution >= 0.6 is 11.6 Å². The molecule has 1 aromatic heterocycles. The predicted octanol–water partition coefficient (Wildman–Crippen LogP) is 2.95. The van der Waals surface area contributed by atoms with Gasteiger partial charge in [0.05, 0.1) is 0 Å². The van der Waals surface area contributed by atoms with Crippen molar-refractivity contribution in [1.29, 1.82) is 0 Å². The number of hydrogen-bond donors (Lipinski definition) is 2. The van der Waals surface area contributed by atoms with Crippen LogP contribution < -0.4 is 11.3 Å². The average Bonchev–Trinajstić information content (AvgIpc) is 2.38. The minimum Gasteiger partial charge on any atom is -0.308 e. The lowest BCUT2D eigenvalue weighted by atomic mass is 10.1. The van der Waals surface area contributed by atoms with Crippen LogP contribution in [-0.2, 0) is 6.42 Å². The Kier molecular flexibility index (Phi) is 3.79. The van der Waals surface area contributed by atoms with E-state index in [2.05, 4.69) is 22.3 Å². The number of nitrogens with zero attached hydrogens (tertiary/aromatic N) is 2. The number of aromatic nitrogens is 2. The van der Waals surface area contributed by atoms with Gasteiger partial charge in [-0.15, -0.1) is 0 Å². The van der Waals surface area contributed by atoms with Crippen LogP contribution in [0.2, 0.25) is 5.02 Å². The molecule has 4 nitrogen and oxygen atoms in total. The number of hydrogen-bond acceptors (Lipinski definition) is 4. The van der Waals surface area contributed by atoms with Crippen molar-refractivity contribution in [3.63, 3.8) is 0 Å². The molecule has 2 aromatic rings. The normalized spacial score (nSPS) is 10.4. The van der Waals surface area contributed by atoms with E-state index in [-0.39, 0.29) is 0 Å². The molecular weight excluding hydrogens is 248 g/mol. The molecule has 0 spiro atoms. The second-order valence-electron chi connectivity index (χ2n) is 3.96. The first-order valence-electron chi connectivity index (χ1n) is 5.75. The molecule has 1 heterocycles. The summed E-state index contributed by atoms with van der Waals surface area (Å²) < 4.78 is 0. The van der Waals surface area contributed by atoms with Gasteiger partial charge in [0, 0.05) is 21.8 Å². The van der Waals surface area contributed by atoms with Crippen molar-refractivity contribution >= 4 is 17.4 Å². The van der Waals surface area contributed by atoms with Crippen molar-refractivity contribution in [2.24, 2.45) is 5.84 Å². The van der Waals surface area contributed by atoms with E-state index in [1.54, 1.807) is 0 Å². The first-order valence-corrected chi connectivity index (χ1v) is 6.13. The molecule has 0 aliphatic heterocycles. The Hall–Kier alpha value is -1.65. The Bertz CT molecular complexity index is 552. The molecule has 0 aliphatic carbocycles. The lowest BCUT2D eigenvalue weighted by Crippen LogP contribution is -2.13. The molecule has 0 saturated heterocycles. The molecule has 1 aromatic carbocycles. The first kappa shape index (κ1) is 12.8. The van der Waals surface area contributed by atoms with Crippen molar-refractivity contribution in [3.05, 3.63) is 40.5 Å². The fourth-order valence-electron chi connectivity index (χ4n) is 1.87. The highest BCUT2D eigenvalue weighted by Crippen LogP contribution is 2.23. The summed E-state index contributed by atoms with van der Waals surface area (Å²) in [7, 11) is 0. The van der Waals surface area contributed by atoms with Gasteiger partial charge in [-0.25, -0.2) is 15.8 Å². The summed E-state index contributed by atoms with van der Waals surface area (Å²) in [5.74, 6) is 6.83. The Morgan fingerprint density at radius 2 is 1.89 bits per heavy atom. The highest BCUT2D eigenvalue weighted by Gasteiger charge is 2.10. The number of benzene rings is 1. The van der Waals surface area contributed by atoms with E-state index >= 15 is 0 Å². The van der Waals surface area contributed by atoms with E-state index in [0.717, 1.165) is 23.2 Å². The number of anilines is 1. The van der Waals surface area contributed by atoms with Gasteiger partial charge in [-0.05, 0) is 37.6 Å². The molecule has 0 bridgehead atoms. The molecule has 0 fully saturated rings. The summed E-state index contributed by atoms with van der Waals surface area (Å²) in [6, 6.07) is 7.42. The minimum atomic E-state index is 0.648. The maximum absolute atomic E-state index is 5.86. The number of nitrogens with one attached hydrogen (secondary N) is 1. The van der Waals surface area contributed by atoms with Gasteiger partial charge >= 0.3 is 0 Å². The molecule has 0 amide bonds. The SMILES string of the molecule is CCc1c(C)nc(-c2ccc(Cl)cc2)nc1NN. The summed E-state index contributed by atoms with van der Waals surface area (Å²) in [6.45, 7) is 4.01. The summed E-state index contributed by atoms with van der Waals surface area (Å²) in [6.07, 6.45) is 0.840. The molecule has 2 rings (SSSR count). The van der Waals surface area contributed by atoms with Gasteiger partial charge < -0.3 is 5.43 Å². The zero-order valence-electron chi connectivity index (χ0n) is 10.4. The van der Waals surface area contributed by atoms with Crippen molar-refractivity contribution in [3.8, 4) is 11.4 Å². The Morgan fingerprint density at radius 1 is 1.22 bits per heavy atom.